The largest absolute Gasteiger partial charge is 0.504 e. The number of hydrogen-bond acceptors (Lipinski definition) is 5. The molecule has 0 radical (unpaired) electrons. The molecule has 0 aromatic heterocycles. The number of halogens is 1. The summed E-state index contributed by atoms with van der Waals surface area (Å²) in [6, 6.07) is 2.13. The highest BCUT2D eigenvalue weighted by molar-refractivity contribution is 7.94. The van der Waals surface area contributed by atoms with Crippen molar-refractivity contribution < 1.29 is 19.2 Å². The molecule has 5 N–H and O–H groups in total. The molecule has 0 bridgehead atoms. The molecule has 1 aromatic rings. The monoisotopic (exact) mass is 219 g/mol. The van der Waals surface area contributed by atoms with E-state index in [-0.39, 0.29) is 29.2 Å². The fourth-order valence-electron chi connectivity index (χ4n) is 1.03. The van der Waals surface area contributed by atoms with Crippen molar-refractivity contribution in [2.45, 2.75) is 11.0 Å². The molecule has 0 saturated carbocycles. The molecule has 0 saturated heterocycles. The lowest BCUT2D eigenvalue weighted by Gasteiger charge is -2.12. The average molecular weight is 219 g/mol. The number of aliphatic hydroxyl groups excluding tert-OH is 1. The van der Waals surface area contributed by atoms with Gasteiger partial charge in [0.15, 0.2) is 11.5 Å². The number of aliphatic hydroxyl groups is 1. The van der Waals surface area contributed by atoms with Crippen molar-refractivity contribution in [3.05, 3.63) is 17.7 Å². The fourth-order valence-corrected chi connectivity index (χ4v) is 1.47. The molecule has 78 valence electrons. The first-order chi connectivity index (χ1) is 6.60. The third-order valence-electron chi connectivity index (χ3n) is 1.77. The van der Waals surface area contributed by atoms with E-state index in [4.69, 9.17) is 15.9 Å². The minimum absolute atomic E-state index is 0.0400. The lowest BCUT2D eigenvalue weighted by molar-refractivity contribution is 0.183. The van der Waals surface area contributed by atoms with Crippen molar-refractivity contribution in [3.8, 4) is 11.5 Å². The van der Waals surface area contributed by atoms with Crippen molar-refractivity contribution in [1.82, 2.24) is 0 Å². The second-order valence-electron chi connectivity index (χ2n) is 2.71. The van der Waals surface area contributed by atoms with Gasteiger partial charge in [-0.1, -0.05) is 0 Å². The van der Waals surface area contributed by atoms with Gasteiger partial charge in [0.05, 0.1) is 23.1 Å². The van der Waals surface area contributed by atoms with Gasteiger partial charge in [-0.15, -0.1) is 0 Å². The number of benzene rings is 1. The van der Waals surface area contributed by atoms with E-state index in [2.05, 4.69) is 0 Å². The standard InChI is InChI=1S/C8H10FNO3S/c9-14-8-2-6(12)5(11)1-4(8)7(13)3-10/h1-2,7,11-13H,3,10H2/t7-/m0/s1. The van der Waals surface area contributed by atoms with Crippen molar-refractivity contribution in [3.63, 3.8) is 0 Å². The third-order valence-corrected chi connectivity index (χ3v) is 2.29. The molecule has 1 atom stereocenters. The van der Waals surface area contributed by atoms with Gasteiger partial charge < -0.3 is 21.1 Å². The molecule has 0 aliphatic rings. The molecule has 0 heterocycles. The Morgan fingerprint density at radius 1 is 1.36 bits per heavy atom. The molecule has 14 heavy (non-hydrogen) atoms. The lowest BCUT2D eigenvalue weighted by Crippen LogP contribution is -2.12. The maximum Gasteiger partial charge on any atom is 0.158 e. The van der Waals surface area contributed by atoms with Gasteiger partial charge in [-0.3, -0.25) is 0 Å². The normalized spacial score (nSPS) is 12.8. The van der Waals surface area contributed by atoms with E-state index in [0.717, 1.165) is 12.1 Å². The number of nitrogens with two attached hydrogens (primary N) is 1. The Labute approximate surface area is 84.5 Å². The Bertz CT molecular complexity index is 335. The molecule has 0 aliphatic heterocycles. The predicted molar refractivity (Wildman–Crippen MR) is 50.8 cm³/mol. The number of hydrogen-bond donors (Lipinski definition) is 4. The van der Waals surface area contributed by atoms with Crippen LogP contribution in [0.1, 0.15) is 11.7 Å². The Morgan fingerprint density at radius 3 is 2.43 bits per heavy atom. The summed E-state index contributed by atoms with van der Waals surface area (Å²) in [5.74, 6) is -0.844. The Morgan fingerprint density at radius 2 is 1.93 bits per heavy atom. The van der Waals surface area contributed by atoms with Gasteiger partial charge in [-0.2, -0.15) is 3.89 Å². The van der Waals surface area contributed by atoms with E-state index in [1.165, 1.54) is 0 Å². The Balaban J connectivity index is 3.19. The van der Waals surface area contributed by atoms with Crippen molar-refractivity contribution >= 4 is 12.1 Å². The van der Waals surface area contributed by atoms with Gasteiger partial charge in [0, 0.05) is 18.2 Å². The Hall–Kier alpha value is -0.980. The SMILES string of the molecule is NC[C@H](O)c1cc(O)c(O)cc1SF. The second-order valence-corrected chi connectivity index (χ2v) is 3.30. The maximum absolute atomic E-state index is 12.4. The summed E-state index contributed by atoms with van der Waals surface area (Å²) in [7, 11) is 0. The van der Waals surface area contributed by atoms with Gasteiger partial charge in [-0.05, 0) is 6.07 Å². The van der Waals surface area contributed by atoms with E-state index in [0.29, 0.717) is 0 Å². The van der Waals surface area contributed by atoms with Gasteiger partial charge in [0.2, 0.25) is 0 Å². The molecule has 0 fully saturated rings. The fraction of sp³-hybridized carbons (Fsp3) is 0.250. The van der Waals surface area contributed by atoms with E-state index in [1.807, 2.05) is 0 Å². The van der Waals surface area contributed by atoms with E-state index < -0.39 is 17.6 Å². The van der Waals surface area contributed by atoms with E-state index >= 15 is 0 Å². The summed E-state index contributed by atoms with van der Waals surface area (Å²) in [5, 5.41) is 27.6. The van der Waals surface area contributed by atoms with Crippen LogP contribution in [-0.4, -0.2) is 21.9 Å². The molecule has 0 aliphatic carbocycles. The highest BCUT2D eigenvalue weighted by Gasteiger charge is 2.15. The first-order valence-corrected chi connectivity index (χ1v) is 4.54. The smallest absolute Gasteiger partial charge is 0.158 e. The Kier molecular flexibility index (Phi) is 3.56. The molecule has 4 nitrogen and oxygen atoms in total. The molecule has 0 amide bonds. The molecule has 0 unspecified atom stereocenters. The van der Waals surface area contributed by atoms with Gasteiger partial charge in [0.25, 0.3) is 0 Å². The third kappa shape index (κ3) is 2.09. The van der Waals surface area contributed by atoms with Crippen molar-refractivity contribution in [2.24, 2.45) is 5.73 Å². The van der Waals surface area contributed by atoms with Crippen LogP contribution in [0.4, 0.5) is 3.89 Å². The quantitative estimate of drug-likeness (QED) is 0.571. The van der Waals surface area contributed by atoms with Crippen LogP contribution in [0.25, 0.3) is 0 Å². The van der Waals surface area contributed by atoms with Crippen LogP contribution in [-0.2, 0) is 0 Å². The lowest BCUT2D eigenvalue weighted by atomic mass is 10.1. The average Bonchev–Trinajstić information content (AvgIpc) is 2.20. The summed E-state index contributed by atoms with van der Waals surface area (Å²) in [6.07, 6.45) is -1.06. The zero-order valence-electron chi connectivity index (χ0n) is 7.14. The van der Waals surface area contributed by atoms with E-state index in [1.54, 1.807) is 0 Å². The van der Waals surface area contributed by atoms with E-state index in [9.17, 15) is 8.99 Å². The summed E-state index contributed by atoms with van der Waals surface area (Å²) in [5.41, 5.74) is 5.35. The van der Waals surface area contributed by atoms with Crippen LogP contribution in [0.5, 0.6) is 11.5 Å². The molecular formula is C8H10FNO3S. The number of aromatic hydroxyl groups is 2. The van der Waals surface area contributed by atoms with Crippen LogP contribution in [0.3, 0.4) is 0 Å². The van der Waals surface area contributed by atoms with Crippen molar-refractivity contribution in [2.75, 3.05) is 6.54 Å². The number of rotatable bonds is 3. The van der Waals surface area contributed by atoms with Crippen LogP contribution in [0.15, 0.2) is 17.0 Å². The summed E-state index contributed by atoms with van der Waals surface area (Å²) in [4.78, 5) is 0.0400. The van der Waals surface area contributed by atoms with Crippen LogP contribution < -0.4 is 5.73 Å². The van der Waals surface area contributed by atoms with Crippen LogP contribution in [0, 0.1) is 0 Å². The van der Waals surface area contributed by atoms with Crippen LogP contribution >= 0.6 is 12.1 Å². The summed E-state index contributed by atoms with van der Waals surface area (Å²) >= 11 is -0.125. The maximum atomic E-state index is 12.4. The highest BCUT2D eigenvalue weighted by atomic mass is 32.2. The minimum atomic E-state index is -1.06. The molecule has 6 heteroatoms. The van der Waals surface area contributed by atoms with Crippen molar-refractivity contribution in [1.29, 1.82) is 0 Å². The first-order valence-electron chi connectivity index (χ1n) is 3.82. The predicted octanol–water partition coefficient (Wildman–Crippen LogP) is 1.07. The number of phenols is 2. The number of phenolic OH excluding ortho intramolecular Hbond substituents is 2. The zero-order chi connectivity index (χ0) is 10.7. The second kappa shape index (κ2) is 4.50. The molecule has 1 rings (SSSR count). The summed E-state index contributed by atoms with van der Waals surface area (Å²) < 4.78 is 12.4. The zero-order valence-corrected chi connectivity index (χ0v) is 7.96. The summed E-state index contributed by atoms with van der Waals surface area (Å²) in [6.45, 7) is -0.0855. The van der Waals surface area contributed by atoms with Crippen LogP contribution in [0.2, 0.25) is 0 Å². The van der Waals surface area contributed by atoms with Gasteiger partial charge in [0.1, 0.15) is 0 Å². The first kappa shape index (κ1) is 11.1. The highest BCUT2D eigenvalue weighted by Crippen LogP contribution is 2.36. The molecule has 1 aromatic carbocycles. The minimum Gasteiger partial charge on any atom is -0.504 e. The molecular weight excluding hydrogens is 209 g/mol. The van der Waals surface area contributed by atoms with Gasteiger partial charge >= 0.3 is 0 Å². The topological polar surface area (TPSA) is 86.7 Å². The molecule has 0 spiro atoms. The van der Waals surface area contributed by atoms with Gasteiger partial charge in [-0.25, -0.2) is 0 Å².